The predicted octanol–water partition coefficient (Wildman–Crippen LogP) is 1.35. The van der Waals surface area contributed by atoms with Gasteiger partial charge in [0.05, 0.1) is 16.5 Å². The van der Waals surface area contributed by atoms with Crippen molar-refractivity contribution in [3.05, 3.63) is 34.6 Å². The van der Waals surface area contributed by atoms with Crippen LogP contribution in [-0.4, -0.2) is 59.2 Å². The van der Waals surface area contributed by atoms with Gasteiger partial charge in [-0.3, -0.25) is 9.59 Å². The Bertz CT molecular complexity index is 1000. The van der Waals surface area contributed by atoms with Crippen LogP contribution in [-0.2, 0) is 25.9 Å². The number of rotatable bonds is 9. The number of hydrogen-bond donors (Lipinski definition) is 0. The highest BCUT2D eigenvalue weighted by atomic mass is 35.5. The third-order valence-corrected chi connectivity index (χ3v) is 6.00. The molecule has 11 heteroatoms. The number of carbonyl (C=O) groups is 2. The lowest BCUT2D eigenvalue weighted by Crippen LogP contribution is -2.34. The Morgan fingerprint density at radius 2 is 2.07 bits per heavy atom. The third-order valence-electron chi connectivity index (χ3n) is 4.39. The lowest BCUT2D eigenvalue weighted by molar-refractivity contribution is -0.128. The molecule has 9 nitrogen and oxygen atoms in total. The third kappa shape index (κ3) is 4.29. The molecule has 3 rings (SSSR count). The fourth-order valence-corrected chi connectivity index (χ4v) is 4.18. The van der Waals surface area contributed by atoms with E-state index in [0.29, 0.717) is 0 Å². The summed E-state index contributed by atoms with van der Waals surface area (Å²) in [6, 6.07) is 2.62. The summed E-state index contributed by atoms with van der Waals surface area (Å²) < 4.78 is 31.0. The molecular formula is C17H19ClN4O5S. The van der Waals surface area contributed by atoms with Crippen LogP contribution in [0.3, 0.4) is 0 Å². The molecule has 1 fully saturated rings. The van der Waals surface area contributed by atoms with Gasteiger partial charge in [0.1, 0.15) is 6.33 Å². The topological polar surface area (TPSA) is 121 Å². The number of carbonyl (C=O) groups excluding carboxylic acids is 2. The van der Waals surface area contributed by atoms with Crippen LogP contribution >= 0.6 is 11.6 Å². The van der Waals surface area contributed by atoms with E-state index in [2.05, 4.69) is 15.5 Å². The van der Waals surface area contributed by atoms with Crippen molar-refractivity contribution in [2.24, 2.45) is 5.92 Å². The molecule has 1 unspecified atom stereocenters. The second-order valence-corrected chi connectivity index (χ2v) is 8.92. The fraction of sp³-hybridized carbons (Fsp3) is 0.471. The molecule has 1 saturated carbocycles. The van der Waals surface area contributed by atoms with Gasteiger partial charge in [0, 0.05) is 29.9 Å². The number of aromatic nitrogens is 4. The lowest BCUT2D eigenvalue weighted by atomic mass is 9.98. The maximum Gasteiger partial charge on any atom is 0.200 e. The minimum atomic E-state index is -3.63. The summed E-state index contributed by atoms with van der Waals surface area (Å²) in [7, 11) is -3.63. The van der Waals surface area contributed by atoms with E-state index in [0.717, 1.165) is 19.1 Å². The SMILES string of the molecule is CCOC(C(=O)c1ccc(S(C)(=O)=O)c(Cn2cnnn2)c1Cl)C(=O)C1CC1. The van der Waals surface area contributed by atoms with E-state index in [1.165, 1.54) is 23.1 Å². The molecule has 0 saturated heterocycles. The molecule has 2 aromatic rings. The van der Waals surface area contributed by atoms with Gasteiger partial charge in [-0.05, 0) is 42.3 Å². The highest BCUT2D eigenvalue weighted by Crippen LogP contribution is 2.34. The molecular weight excluding hydrogens is 408 g/mol. The first kappa shape index (κ1) is 20.6. The fourth-order valence-electron chi connectivity index (χ4n) is 2.88. The molecule has 0 aliphatic heterocycles. The molecule has 1 aliphatic rings. The van der Waals surface area contributed by atoms with Gasteiger partial charge in [-0.25, -0.2) is 13.1 Å². The number of nitrogens with zero attached hydrogens (tertiary/aromatic N) is 4. The molecule has 150 valence electrons. The average Bonchev–Trinajstić information content (AvgIpc) is 3.36. The van der Waals surface area contributed by atoms with Gasteiger partial charge < -0.3 is 4.74 Å². The summed E-state index contributed by atoms with van der Waals surface area (Å²) in [5, 5.41) is 10.7. The normalized spacial score (nSPS) is 15.4. The van der Waals surface area contributed by atoms with E-state index in [9.17, 15) is 18.0 Å². The highest BCUT2D eigenvalue weighted by Gasteiger charge is 2.40. The molecule has 0 N–H and O–H groups in total. The summed E-state index contributed by atoms with van der Waals surface area (Å²) in [5.74, 6) is -1.02. The van der Waals surface area contributed by atoms with E-state index in [1.54, 1.807) is 6.92 Å². The largest absolute Gasteiger partial charge is 0.362 e. The van der Waals surface area contributed by atoms with Crippen molar-refractivity contribution < 1.29 is 22.7 Å². The molecule has 1 aliphatic carbocycles. The summed E-state index contributed by atoms with van der Waals surface area (Å²) in [5.41, 5.74) is 0.209. The molecule has 1 heterocycles. The maximum absolute atomic E-state index is 13.0. The quantitative estimate of drug-likeness (QED) is 0.435. The van der Waals surface area contributed by atoms with Crippen molar-refractivity contribution in [2.75, 3.05) is 12.9 Å². The van der Waals surface area contributed by atoms with Crippen molar-refractivity contribution in [3.63, 3.8) is 0 Å². The van der Waals surface area contributed by atoms with Gasteiger partial charge in [-0.1, -0.05) is 11.6 Å². The summed E-state index contributed by atoms with van der Waals surface area (Å²) in [6.07, 6.45) is 2.57. The van der Waals surface area contributed by atoms with Crippen LogP contribution in [0, 0.1) is 5.92 Å². The van der Waals surface area contributed by atoms with Gasteiger partial charge in [-0.2, -0.15) is 0 Å². The van der Waals surface area contributed by atoms with E-state index >= 15 is 0 Å². The smallest absolute Gasteiger partial charge is 0.200 e. The standard InChI is InChI=1S/C17H19ClN4O5S/c1-3-27-17(15(23)10-4-5-10)16(24)11-6-7-13(28(2,25)26)12(14(11)18)8-22-9-19-20-21-22/h6-7,9-10,17H,3-5,8H2,1-2H3. The van der Waals surface area contributed by atoms with E-state index in [4.69, 9.17) is 16.3 Å². The molecule has 1 aromatic heterocycles. The number of tetrazole rings is 1. The van der Waals surface area contributed by atoms with Crippen LogP contribution < -0.4 is 0 Å². The van der Waals surface area contributed by atoms with Gasteiger partial charge in [0.25, 0.3) is 0 Å². The van der Waals surface area contributed by atoms with Crippen molar-refractivity contribution >= 4 is 33.0 Å². The first-order chi connectivity index (χ1) is 13.2. The zero-order valence-corrected chi connectivity index (χ0v) is 16.9. The van der Waals surface area contributed by atoms with Crippen LogP contribution in [0.25, 0.3) is 0 Å². The molecule has 0 radical (unpaired) electrons. The number of hydrogen-bond acceptors (Lipinski definition) is 8. The van der Waals surface area contributed by atoms with E-state index in [-0.39, 0.29) is 45.9 Å². The first-order valence-electron chi connectivity index (χ1n) is 8.65. The van der Waals surface area contributed by atoms with Gasteiger partial charge in [0.15, 0.2) is 21.7 Å². The Kier molecular flexibility index (Phi) is 5.92. The summed E-state index contributed by atoms with van der Waals surface area (Å²) >= 11 is 6.44. The number of benzene rings is 1. The number of Topliss-reactive ketones (excluding diaryl/α,β-unsaturated/α-hetero) is 2. The van der Waals surface area contributed by atoms with Crippen molar-refractivity contribution in [1.82, 2.24) is 20.2 Å². The molecule has 1 atom stereocenters. The Morgan fingerprint density at radius 3 is 2.61 bits per heavy atom. The lowest BCUT2D eigenvalue weighted by Gasteiger charge is -2.18. The molecule has 28 heavy (non-hydrogen) atoms. The van der Waals surface area contributed by atoms with Crippen molar-refractivity contribution in [2.45, 2.75) is 37.3 Å². The minimum absolute atomic E-state index is 0.0320. The van der Waals surface area contributed by atoms with Gasteiger partial charge >= 0.3 is 0 Å². The summed E-state index contributed by atoms with van der Waals surface area (Å²) in [4.78, 5) is 25.5. The Balaban J connectivity index is 2.05. The van der Waals surface area contributed by atoms with Crippen LogP contribution in [0.15, 0.2) is 23.4 Å². The van der Waals surface area contributed by atoms with Gasteiger partial charge in [-0.15, -0.1) is 5.10 Å². The predicted molar refractivity (Wildman–Crippen MR) is 99.0 cm³/mol. The summed E-state index contributed by atoms with van der Waals surface area (Å²) in [6.45, 7) is 1.83. The second kappa shape index (κ2) is 8.06. The minimum Gasteiger partial charge on any atom is -0.362 e. The maximum atomic E-state index is 13.0. The highest BCUT2D eigenvalue weighted by molar-refractivity contribution is 7.90. The van der Waals surface area contributed by atoms with Crippen LogP contribution in [0.4, 0.5) is 0 Å². The van der Waals surface area contributed by atoms with Gasteiger partial charge in [0.2, 0.25) is 5.78 Å². The van der Waals surface area contributed by atoms with E-state index in [1.807, 2.05) is 0 Å². The van der Waals surface area contributed by atoms with Crippen LogP contribution in [0.2, 0.25) is 5.02 Å². The van der Waals surface area contributed by atoms with Crippen LogP contribution in [0.1, 0.15) is 35.7 Å². The number of ether oxygens (including phenoxy) is 1. The molecule has 1 aromatic carbocycles. The zero-order chi connectivity index (χ0) is 20.5. The van der Waals surface area contributed by atoms with E-state index < -0.39 is 21.7 Å². The molecule has 0 amide bonds. The number of halogens is 1. The monoisotopic (exact) mass is 426 g/mol. The van der Waals surface area contributed by atoms with Crippen molar-refractivity contribution in [3.8, 4) is 0 Å². The zero-order valence-electron chi connectivity index (χ0n) is 15.3. The molecule has 0 bridgehead atoms. The Morgan fingerprint density at radius 1 is 1.36 bits per heavy atom. The Hall–Kier alpha value is -2.17. The average molecular weight is 427 g/mol. The number of ketones is 2. The van der Waals surface area contributed by atoms with Crippen molar-refractivity contribution in [1.29, 1.82) is 0 Å². The van der Waals surface area contributed by atoms with Crippen LogP contribution in [0.5, 0.6) is 0 Å². The molecule has 0 spiro atoms. The Labute approximate surface area is 166 Å². The second-order valence-electron chi connectivity index (χ2n) is 6.56. The first-order valence-corrected chi connectivity index (χ1v) is 10.9. The number of sulfone groups is 1.